The summed E-state index contributed by atoms with van der Waals surface area (Å²) in [5, 5.41) is 3.37. The summed E-state index contributed by atoms with van der Waals surface area (Å²) in [7, 11) is 0. The molecule has 0 bridgehead atoms. The Morgan fingerprint density at radius 1 is 1.23 bits per heavy atom. The summed E-state index contributed by atoms with van der Waals surface area (Å²) in [6, 6.07) is 8.31. The normalized spacial score (nSPS) is 10.3. The minimum Gasteiger partial charge on any atom is -0.326 e. The summed E-state index contributed by atoms with van der Waals surface area (Å²) in [4.78, 5) is 0. The van der Waals surface area contributed by atoms with Gasteiger partial charge < -0.3 is 11.1 Å². The van der Waals surface area contributed by atoms with Crippen LogP contribution in [-0.4, -0.2) is 6.54 Å². The lowest BCUT2D eigenvalue weighted by atomic mass is 10.1. The third-order valence-electron chi connectivity index (χ3n) is 2.08. The molecule has 0 fully saturated rings. The lowest BCUT2D eigenvalue weighted by molar-refractivity contribution is 0.671. The fourth-order valence-corrected chi connectivity index (χ4v) is 1.33. The highest BCUT2D eigenvalue weighted by atomic mass is 14.8. The molecular formula is C11H18N2. The van der Waals surface area contributed by atoms with Crippen LogP contribution in [0, 0.1) is 0 Å². The lowest BCUT2D eigenvalue weighted by Crippen LogP contribution is -2.15. The summed E-state index contributed by atoms with van der Waals surface area (Å²) in [5.74, 6) is 0. The molecule has 0 spiro atoms. The fourth-order valence-electron chi connectivity index (χ4n) is 1.33. The van der Waals surface area contributed by atoms with Crippen LogP contribution in [0.3, 0.4) is 0 Å². The molecule has 0 amide bonds. The van der Waals surface area contributed by atoms with Gasteiger partial charge in [-0.15, -0.1) is 0 Å². The molecule has 3 N–H and O–H groups in total. The van der Waals surface area contributed by atoms with Crippen LogP contribution in [0.15, 0.2) is 24.3 Å². The zero-order valence-corrected chi connectivity index (χ0v) is 8.22. The summed E-state index contributed by atoms with van der Waals surface area (Å²) < 4.78 is 0. The molecule has 1 aromatic carbocycles. The van der Waals surface area contributed by atoms with Gasteiger partial charge in [0, 0.05) is 13.1 Å². The molecule has 0 saturated heterocycles. The highest BCUT2D eigenvalue weighted by Gasteiger charge is 1.97. The highest BCUT2D eigenvalue weighted by molar-refractivity contribution is 5.26. The maximum absolute atomic E-state index is 5.63. The molecule has 0 aliphatic rings. The summed E-state index contributed by atoms with van der Waals surface area (Å²) in [5.41, 5.74) is 8.19. The van der Waals surface area contributed by atoms with E-state index >= 15 is 0 Å². The van der Waals surface area contributed by atoms with Gasteiger partial charge in [-0.3, -0.25) is 0 Å². The van der Waals surface area contributed by atoms with Crippen molar-refractivity contribution in [2.45, 2.75) is 26.4 Å². The predicted molar refractivity (Wildman–Crippen MR) is 56.3 cm³/mol. The topological polar surface area (TPSA) is 38.0 Å². The first-order valence-corrected chi connectivity index (χ1v) is 4.86. The number of benzene rings is 1. The van der Waals surface area contributed by atoms with Crippen LogP contribution >= 0.6 is 0 Å². The van der Waals surface area contributed by atoms with Gasteiger partial charge in [0.1, 0.15) is 0 Å². The Balaban J connectivity index is 2.54. The van der Waals surface area contributed by atoms with Crippen molar-refractivity contribution in [3.05, 3.63) is 35.4 Å². The molecule has 0 radical (unpaired) electrons. The Kier molecular flexibility index (Phi) is 4.50. The van der Waals surface area contributed by atoms with Crippen LogP contribution in [-0.2, 0) is 13.1 Å². The Labute approximate surface area is 80.1 Å². The largest absolute Gasteiger partial charge is 0.326 e. The molecule has 0 aliphatic heterocycles. The minimum absolute atomic E-state index is 0.629. The Morgan fingerprint density at radius 3 is 2.54 bits per heavy atom. The van der Waals surface area contributed by atoms with Crippen LogP contribution in [0.2, 0.25) is 0 Å². The Morgan fingerprint density at radius 2 is 1.92 bits per heavy atom. The molecule has 0 saturated carbocycles. The average molecular weight is 178 g/mol. The van der Waals surface area contributed by atoms with Crippen LogP contribution in [0.25, 0.3) is 0 Å². The quantitative estimate of drug-likeness (QED) is 0.673. The van der Waals surface area contributed by atoms with E-state index in [-0.39, 0.29) is 0 Å². The van der Waals surface area contributed by atoms with E-state index < -0.39 is 0 Å². The van der Waals surface area contributed by atoms with Crippen molar-refractivity contribution in [2.24, 2.45) is 5.73 Å². The number of rotatable bonds is 5. The third kappa shape index (κ3) is 3.17. The zero-order chi connectivity index (χ0) is 9.52. The van der Waals surface area contributed by atoms with Gasteiger partial charge in [-0.1, -0.05) is 31.2 Å². The zero-order valence-electron chi connectivity index (χ0n) is 8.22. The van der Waals surface area contributed by atoms with Crippen molar-refractivity contribution < 1.29 is 0 Å². The van der Waals surface area contributed by atoms with Gasteiger partial charge in [0.25, 0.3) is 0 Å². The third-order valence-corrected chi connectivity index (χ3v) is 2.08. The fraction of sp³-hybridized carbons (Fsp3) is 0.455. The summed E-state index contributed by atoms with van der Waals surface area (Å²) in [6.45, 7) is 4.80. The van der Waals surface area contributed by atoms with E-state index in [4.69, 9.17) is 5.73 Å². The first-order valence-electron chi connectivity index (χ1n) is 4.86. The molecule has 0 heterocycles. The SMILES string of the molecule is CCCNCc1ccccc1CN. The van der Waals surface area contributed by atoms with Crippen molar-refractivity contribution in [3.8, 4) is 0 Å². The molecule has 13 heavy (non-hydrogen) atoms. The van der Waals surface area contributed by atoms with Crippen molar-refractivity contribution in [2.75, 3.05) is 6.54 Å². The maximum atomic E-state index is 5.63. The van der Waals surface area contributed by atoms with Gasteiger partial charge in [-0.2, -0.15) is 0 Å². The number of nitrogens with one attached hydrogen (secondary N) is 1. The molecule has 1 aromatic rings. The molecule has 0 aliphatic carbocycles. The predicted octanol–water partition coefficient (Wildman–Crippen LogP) is 1.64. The van der Waals surface area contributed by atoms with E-state index in [1.165, 1.54) is 17.5 Å². The van der Waals surface area contributed by atoms with Crippen molar-refractivity contribution in [3.63, 3.8) is 0 Å². The number of hydrogen-bond acceptors (Lipinski definition) is 2. The Hall–Kier alpha value is -0.860. The van der Waals surface area contributed by atoms with Gasteiger partial charge in [0.2, 0.25) is 0 Å². The molecule has 0 aromatic heterocycles. The van der Waals surface area contributed by atoms with Crippen LogP contribution < -0.4 is 11.1 Å². The molecule has 2 heteroatoms. The van der Waals surface area contributed by atoms with E-state index in [0.717, 1.165) is 13.1 Å². The first kappa shape index (κ1) is 10.2. The van der Waals surface area contributed by atoms with E-state index in [9.17, 15) is 0 Å². The summed E-state index contributed by atoms with van der Waals surface area (Å²) >= 11 is 0. The maximum Gasteiger partial charge on any atom is 0.0208 e. The van der Waals surface area contributed by atoms with Crippen LogP contribution in [0.4, 0.5) is 0 Å². The van der Waals surface area contributed by atoms with Crippen molar-refractivity contribution in [1.29, 1.82) is 0 Å². The van der Waals surface area contributed by atoms with E-state index in [0.29, 0.717) is 6.54 Å². The molecule has 0 unspecified atom stereocenters. The second-order valence-corrected chi connectivity index (χ2v) is 3.15. The average Bonchev–Trinajstić information content (AvgIpc) is 2.19. The van der Waals surface area contributed by atoms with Crippen LogP contribution in [0.5, 0.6) is 0 Å². The first-order chi connectivity index (χ1) is 6.38. The molecular weight excluding hydrogens is 160 g/mol. The molecule has 0 atom stereocenters. The van der Waals surface area contributed by atoms with E-state index in [1.807, 2.05) is 6.07 Å². The molecule has 2 nitrogen and oxygen atoms in total. The Bertz CT molecular complexity index is 246. The van der Waals surface area contributed by atoms with Gasteiger partial charge in [-0.05, 0) is 24.1 Å². The lowest BCUT2D eigenvalue weighted by Gasteiger charge is -2.07. The second-order valence-electron chi connectivity index (χ2n) is 3.15. The smallest absolute Gasteiger partial charge is 0.0208 e. The second kappa shape index (κ2) is 5.73. The van der Waals surface area contributed by atoms with Gasteiger partial charge >= 0.3 is 0 Å². The monoisotopic (exact) mass is 178 g/mol. The standard InChI is InChI=1S/C11H18N2/c1-2-7-13-9-11-6-4-3-5-10(11)8-12/h3-6,13H,2,7-9,12H2,1H3. The van der Waals surface area contributed by atoms with Gasteiger partial charge in [0.05, 0.1) is 0 Å². The van der Waals surface area contributed by atoms with E-state index in [2.05, 4.69) is 30.4 Å². The minimum atomic E-state index is 0.629. The number of hydrogen-bond donors (Lipinski definition) is 2. The van der Waals surface area contributed by atoms with Crippen molar-refractivity contribution in [1.82, 2.24) is 5.32 Å². The van der Waals surface area contributed by atoms with Crippen LogP contribution in [0.1, 0.15) is 24.5 Å². The van der Waals surface area contributed by atoms with Crippen molar-refractivity contribution >= 4 is 0 Å². The number of nitrogens with two attached hydrogens (primary N) is 1. The molecule has 72 valence electrons. The molecule has 1 rings (SSSR count). The summed E-state index contributed by atoms with van der Waals surface area (Å²) in [6.07, 6.45) is 1.17. The van der Waals surface area contributed by atoms with Gasteiger partial charge in [0.15, 0.2) is 0 Å². The highest BCUT2D eigenvalue weighted by Crippen LogP contribution is 2.06. The van der Waals surface area contributed by atoms with E-state index in [1.54, 1.807) is 0 Å². The van der Waals surface area contributed by atoms with Gasteiger partial charge in [-0.25, -0.2) is 0 Å².